The second-order valence-corrected chi connectivity index (χ2v) is 8.91. The molecule has 0 fully saturated rings. The number of aryl methyl sites for hydroxylation is 1. The highest BCUT2D eigenvalue weighted by Crippen LogP contribution is 2.41. The summed E-state index contributed by atoms with van der Waals surface area (Å²) in [6.07, 6.45) is 3.11. The fourth-order valence-electron chi connectivity index (χ4n) is 4.97. The van der Waals surface area contributed by atoms with E-state index >= 15 is 0 Å². The van der Waals surface area contributed by atoms with Gasteiger partial charge in [-0.15, -0.1) is 0 Å². The van der Waals surface area contributed by atoms with Gasteiger partial charge in [0, 0.05) is 29.9 Å². The van der Waals surface area contributed by atoms with Crippen LogP contribution in [-0.2, 0) is 25.9 Å². The number of fused-ring (bicyclic) bond motifs is 2. The monoisotopic (exact) mass is 407 g/mol. The molecule has 4 nitrogen and oxygen atoms in total. The van der Waals surface area contributed by atoms with Crippen molar-refractivity contribution in [1.29, 1.82) is 0 Å². The normalized spacial score (nSPS) is 21.1. The smallest absolute Gasteiger partial charge is 0.123 e. The number of hydrogen-bond donors (Lipinski definition) is 0. The van der Waals surface area contributed by atoms with Crippen molar-refractivity contribution in [2.75, 3.05) is 7.11 Å². The van der Waals surface area contributed by atoms with E-state index in [4.69, 9.17) is 21.4 Å². The van der Waals surface area contributed by atoms with E-state index in [9.17, 15) is 0 Å². The largest absolute Gasteiger partial charge is 0.496 e. The first-order valence-corrected chi connectivity index (χ1v) is 10.6. The fourth-order valence-corrected chi connectivity index (χ4v) is 5.19. The van der Waals surface area contributed by atoms with Gasteiger partial charge in [0.15, 0.2) is 0 Å². The minimum absolute atomic E-state index is 0.107. The number of ether oxygens (including phenoxy) is 1. The Morgan fingerprint density at radius 2 is 1.90 bits per heavy atom. The standard InChI is InChI=1S/C24H26ClN3O/c1-16-18-13-24(2,27-14-17-7-6-10-23(29-3)19(17)15-27)12-11-21(18)26-28(16)22-9-5-4-8-20(22)25/h4-10H,11-15H2,1-3H3. The van der Waals surface area contributed by atoms with Gasteiger partial charge >= 0.3 is 0 Å². The summed E-state index contributed by atoms with van der Waals surface area (Å²) in [6, 6.07) is 14.3. The van der Waals surface area contributed by atoms with E-state index in [0.29, 0.717) is 0 Å². The van der Waals surface area contributed by atoms with Gasteiger partial charge in [-0.25, -0.2) is 4.68 Å². The van der Waals surface area contributed by atoms with Gasteiger partial charge < -0.3 is 4.74 Å². The number of aromatic nitrogens is 2. The molecule has 5 heteroatoms. The predicted molar refractivity (Wildman–Crippen MR) is 116 cm³/mol. The molecule has 1 aliphatic carbocycles. The van der Waals surface area contributed by atoms with Crippen LogP contribution >= 0.6 is 11.6 Å². The molecular formula is C24H26ClN3O. The molecule has 0 saturated carbocycles. The number of benzene rings is 2. The Morgan fingerprint density at radius 1 is 1.07 bits per heavy atom. The SMILES string of the molecule is COc1cccc2c1CN(C1(C)CCc3nn(-c4ccccc4Cl)c(C)c3C1)C2. The molecule has 0 N–H and O–H groups in total. The van der Waals surface area contributed by atoms with Crippen molar-refractivity contribution in [2.24, 2.45) is 0 Å². The third-order valence-corrected chi connectivity index (χ3v) is 7.11. The molecule has 0 bridgehead atoms. The molecular weight excluding hydrogens is 382 g/mol. The first-order valence-electron chi connectivity index (χ1n) is 10.2. The molecule has 150 valence electrons. The summed E-state index contributed by atoms with van der Waals surface area (Å²) >= 11 is 6.45. The predicted octanol–water partition coefficient (Wildman–Crippen LogP) is 5.11. The number of hydrogen-bond acceptors (Lipinski definition) is 3. The average Bonchev–Trinajstić information content (AvgIpc) is 3.30. The summed E-state index contributed by atoms with van der Waals surface area (Å²) in [4.78, 5) is 2.62. The Hall–Kier alpha value is -2.30. The van der Waals surface area contributed by atoms with Crippen LogP contribution in [0.4, 0.5) is 0 Å². The van der Waals surface area contributed by atoms with Gasteiger partial charge in [-0.05, 0) is 62.4 Å². The Balaban J connectivity index is 1.46. The van der Waals surface area contributed by atoms with Crippen molar-refractivity contribution in [3.05, 3.63) is 75.6 Å². The van der Waals surface area contributed by atoms with E-state index in [1.165, 1.54) is 28.1 Å². The van der Waals surface area contributed by atoms with Gasteiger partial charge in [0.05, 0.1) is 23.5 Å². The minimum Gasteiger partial charge on any atom is -0.496 e. The topological polar surface area (TPSA) is 30.3 Å². The summed E-state index contributed by atoms with van der Waals surface area (Å²) in [6.45, 7) is 6.50. The van der Waals surface area contributed by atoms with Crippen LogP contribution in [0.15, 0.2) is 42.5 Å². The molecule has 2 heterocycles. The molecule has 29 heavy (non-hydrogen) atoms. The average molecular weight is 408 g/mol. The molecule has 0 radical (unpaired) electrons. The summed E-state index contributed by atoms with van der Waals surface area (Å²) in [7, 11) is 1.76. The van der Waals surface area contributed by atoms with E-state index < -0.39 is 0 Å². The number of nitrogens with zero attached hydrogens (tertiary/aromatic N) is 3. The second-order valence-electron chi connectivity index (χ2n) is 8.50. The lowest BCUT2D eigenvalue weighted by molar-refractivity contribution is 0.0853. The quantitative estimate of drug-likeness (QED) is 0.604. The summed E-state index contributed by atoms with van der Waals surface area (Å²) in [5.74, 6) is 1.01. The van der Waals surface area contributed by atoms with E-state index in [-0.39, 0.29) is 5.54 Å². The fraction of sp³-hybridized carbons (Fsp3) is 0.375. The van der Waals surface area contributed by atoms with Crippen LogP contribution in [0.2, 0.25) is 5.02 Å². The van der Waals surface area contributed by atoms with Crippen molar-refractivity contribution >= 4 is 11.6 Å². The summed E-state index contributed by atoms with van der Waals surface area (Å²) < 4.78 is 7.64. The molecule has 0 saturated heterocycles. The lowest BCUT2D eigenvalue weighted by Gasteiger charge is -2.41. The van der Waals surface area contributed by atoms with E-state index in [0.717, 1.165) is 48.8 Å². The Labute approximate surface area is 177 Å². The van der Waals surface area contributed by atoms with Gasteiger partial charge in [-0.2, -0.15) is 5.10 Å². The van der Waals surface area contributed by atoms with Crippen molar-refractivity contribution in [3.8, 4) is 11.4 Å². The van der Waals surface area contributed by atoms with Crippen molar-refractivity contribution in [2.45, 2.75) is 51.7 Å². The van der Waals surface area contributed by atoms with Gasteiger partial charge in [0.1, 0.15) is 5.75 Å². The maximum absolute atomic E-state index is 6.45. The number of methoxy groups -OCH3 is 1. The highest BCUT2D eigenvalue weighted by molar-refractivity contribution is 6.32. The van der Waals surface area contributed by atoms with Crippen LogP contribution < -0.4 is 4.74 Å². The molecule has 1 unspecified atom stereocenters. The molecule has 1 aliphatic heterocycles. The lowest BCUT2D eigenvalue weighted by Crippen LogP contribution is -2.47. The highest BCUT2D eigenvalue weighted by atomic mass is 35.5. The highest BCUT2D eigenvalue weighted by Gasteiger charge is 2.41. The Kier molecular flexibility index (Phi) is 4.45. The van der Waals surface area contributed by atoms with Gasteiger partial charge in [0.25, 0.3) is 0 Å². The Morgan fingerprint density at radius 3 is 2.69 bits per heavy atom. The lowest BCUT2D eigenvalue weighted by atomic mass is 9.80. The minimum atomic E-state index is 0.107. The molecule has 0 amide bonds. The second kappa shape index (κ2) is 6.89. The van der Waals surface area contributed by atoms with Gasteiger partial charge in [0.2, 0.25) is 0 Å². The van der Waals surface area contributed by atoms with Crippen LogP contribution in [-0.4, -0.2) is 27.3 Å². The molecule has 2 aliphatic rings. The Bertz CT molecular complexity index is 1090. The maximum atomic E-state index is 6.45. The number of halogens is 1. The molecule has 2 aromatic carbocycles. The molecule has 1 atom stereocenters. The van der Waals surface area contributed by atoms with Crippen LogP contribution in [0.25, 0.3) is 5.69 Å². The zero-order valence-corrected chi connectivity index (χ0v) is 18.0. The summed E-state index contributed by atoms with van der Waals surface area (Å²) in [5, 5.41) is 5.67. The maximum Gasteiger partial charge on any atom is 0.123 e. The molecule has 1 aromatic heterocycles. The third-order valence-electron chi connectivity index (χ3n) is 6.79. The molecule has 3 aromatic rings. The van der Waals surface area contributed by atoms with E-state index in [1.54, 1.807) is 7.11 Å². The van der Waals surface area contributed by atoms with Crippen molar-refractivity contribution in [3.63, 3.8) is 0 Å². The van der Waals surface area contributed by atoms with Crippen LogP contribution in [0, 0.1) is 6.92 Å². The van der Waals surface area contributed by atoms with Crippen molar-refractivity contribution < 1.29 is 4.74 Å². The van der Waals surface area contributed by atoms with Crippen LogP contribution in [0.3, 0.4) is 0 Å². The first kappa shape index (κ1) is 18.7. The third kappa shape index (κ3) is 2.97. The van der Waals surface area contributed by atoms with Gasteiger partial charge in [-0.1, -0.05) is 35.9 Å². The van der Waals surface area contributed by atoms with Crippen molar-refractivity contribution in [1.82, 2.24) is 14.7 Å². The zero-order chi connectivity index (χ0) is 20.2. The van der Waals surface area contributed by atoms with Crippen LogP contribution in [0.1, 0.15) is 41.4 Å². The number of para-hydroxylation sites is 1. The van der Waals surface area contributed by atoms with E-state index in [1.807, 2.05) is 28.9 Å². The first-order chi connectivity index (χ1) is 14.0. The summed E-state index contributed by atoms with van der Waals surface area (Å²) in [5.41, 5.74) is 7.59. The van der Waals surface area contributed by atoms with Gasteiger partial charge in [-0.3, -0.25) is 4.90 Å². The molecule has 5 rings (SSSR count). The van der Waals surface area contributed by atoms with Crippen LogP contribution in [0.5, 0.6) is 5.75 Å². The van der Waals surface area contributed by atoms with E-state index in [2.05, 4.69) is 36.9 Å². The number of rotatable bonds is 3. The zero-order valence-electron chi connectivity index (χ0n) is 17.2. The molecule has 0 spiro atoms.